The van der Waals surface area contributed by atoms with Crippen LogP contribution < -0.4 is 15.4 Å². The molecule has 0 spiro atoms. The molecular weight excluding hydrogens is 444 g/mol. The minimum Gasteiger partial charge on any atom is -0.496 e. The van der Waals surface area contributed by atoms with Gasteiger partial charge in [-0.05, 0) is 49.2 Å². The molecule has 1 aliphatic rings. The number of nitrogens with zero attached hydrogens (tertiary/aromatic N) is 2. The van der Waals surface area contributed by atoms with Crippen molar-refractivity contribution in [2.24, 2.45) is 5.10 Å². The average molecular weight is 464 g/mol. The van der Waals surface area contributed by atoms with Crippen LogP contribution in [0.15, 0.2) is 52.0 Å². The van der Waals surface area contributed by atoms with Gasteiger partial charge in [-0.3, -0.25) is 5.01 Å². The molecule has 2 N–H and O–H groups in total. The van der Waals surface area contributed by atoms with Crippen LogP contribution in [-0.2, 0) is 0 Å². The van der Waals surface area contributed by atoms with Gasteiger partial charge in [-0.25, -0.2) is 4.79 Å². The molecule has 0 bridgehead atoms. The van der Waals surface area contributed by atoms with E-state index in [0.29, 0.717) is 22.1 Å². The van der Waals surface area contributed by atoms with Gasteiger partial charge in [0.05, 0.1) is 12.8 Å². The van der Waals surface area contributed by atoms with Crippen LogP contribution in [0.1, 0.15) is 18.4 Å². The molecule has 3 rings (SSSR count). The van der Waals surface area contributed by atoms with Crippen LogP contribution in [0, 0.1) is 0 Å². The van der Waals surface area contributed by atoms with Crippen LogP contribution in [0.2, 0.25) is 5.02 Å². The Morgan fingerprint density at radius 1 is 1.21 bits per heavy atom. The minimum absolute atomic E-state index is 0.362. The van der Waals surface area contributed by atoms with Crippen LogP contribution in [0.4, 0.5) is 16.2 Å². The second kappa shape index (κ2) is 9.12. The molecule has 0 aromatic heterocycles. The lowest BCUT2D eigenvalue weighted by atomic mass is 10.1. The summed E-state index contributed by atoms with van der Waals surface area (Å²) in [7, 11) is 3.50. The highest BCUT2D eigenvalue weighted by molar-refractivity contribution is 9.11. The van der Waals surface area contributed by atoms with E-state index in [2.05, 4.69) is 31.7 Å². The first kappa shape index (κ1) is 20.2. The summed E-state index contributed by atoms with van der Waals surface area (Å²) in [5, 5.41) is 12.4. The van der Waals surface area contributed by atoms with E-state index in [4.69, 9.17) is 16.3 Å². The van der Waals surface area contributed by atoms with Crippen LogP contribution >= 0.6 is 27.5 Å². The van der Waals surface area contributed by atoms with E-state index in [1.807, 2.05) is 25.4 Å². The van der Waals surface area contributed by atoms with Gasteiger partial charge in [0.25, 0.3) is 0 Å². The summed E-state index contributed by atoms with van der Waals surface area (Å²) < 4.78 is 6.55. The van der Waals surface area contributed by atoms with E-state index in [9.17, 15) is 4.79 Å². The number of allylic oxidation sites excluding steroid dienone is 1. The number of ether oxygens (including phenoxy) is 1. The number of halogens is 2. The summed E-state index contributed by atoms with van der Waals surface area (Å²) in [6.07, 6.45) is 3.55. The quantitative estimate of drug-likeness (QED) is 0.605. The Bertz CT molecular complexity index is 946. The van der Waals surface area contributed by atoms with Crippen molar-refractivity contribution in [3.63, 3.8) is 0 Å². The van der Waals surface area contributed by atoms with Crippen molar-refractivity contribution in [1.82, 2.24) is 5.01 Å². The molecule has 0 atom stereocenters. The van der Waals surface area contributed by atoms with Gasteiger partial charge in [-0.15, -0.1) is 0 Å². The van der Waals surface area contributed by atoms with Crippen LogP contribution in [0.5, 0.6) is 5.75 Å². The third-order valence-corrected chi connectivity index (χ3v) is 5.13. The molecule has 0 saturated carbocycles. The Labute approximate surface area is 177 Å². The third kappa shape index (κ3) is 4.85. The lowest BCUT2D eigenvalue weighted by molar-refractivity contribution is 0.262. The molecule has 2 aromatic carbocycles. The molecule has 8 heteroatoms. The second-order valence-corrected chi connectivity index (χ2v) is 7.51. The van der Waals surface area contributed by atoms with Gasteiger partial charge in [0.2, 0.25) is 0 Å². The molecule has 146 valence electrons. The highest BCUT2D eigenvalue weighted by atomic mass is 79.9. The lowest BCUT2D eigenvalue weighted by Gasteiger charge is -2.21. The zero-order chi connectivity index (χ0) is 20.1. The number of carbonyl (C=O) groups is 1. The summed E-state index contributed by atoms with van der Waals surface area (Å²) in [6.45, 7) is 0. The highest BCUT2D eigenvalue weighted by Crippen LogP contribution is 2.37. The maximum atomic E-state index is 12.4. The van der Waals surface area contributed by atoms with Crippen molar-refractivity contribution < 1.29 is 9.53 Å². The Morgan fingerprint density at radius 2 is 1.96 bits per heavy atom. The molecule has 6 nitrogen and oxygen atoms in total. The van der Waals surface area contributed by atoms with Crippen molar-refractivity contribution in [3.05, 3.63) is 57.5 Å². The fourth-order valence-corrected chi connectivity index (χ4v) is 3.76. The van der Waals surface area contributed by atoms with Crippen molar-refractivity contribution in [2.45, 2.75) is 12.8 Å². The zero-order valence-electron chi connectivity index (χ0n) is 15.5. The smallest absolute Gasteiger partial charge is 0.323 e. The number of anilines is 2. The van der Waals surface area contributed by atoms with Gasteiger partial charge >= 0.3 is 6.03 Å². The number of hydrogen-bond acceptors (Lipinski definition) is 4. The second-order valence-electron chi connectivity index (χ2n) is 6.12. The normalized spacial score (nSPS) is 13.9. The predicted octanol–water partition coefficient (Wildman–Crippen LogP) is 5.77. The first-order valence-corrected chi connectivity index (χ1v) is 9.82. The predicted molar refractivity (Wildman–Crippen MR) is 118 cm³/mol. The topological polar surface area (TPSA) is 66.0 Å². The zero-order valence-corrected chi connectivity index (χ0v) is 17.8. The number of hydrazone groups is 1. The summed E-state index contributed by atoms with van der Waals surface area (Å²) in [6, 6.07) is 12.1. The number of rotatable bonds is 4. The SMILES string of the molecule is COc1ccc(NC(=O)Nc2cccc(Cl)c2)cc1C1=C(Br)CCC=NN1C. The first-order chi connectivity index (χ1) is 13.5. The fourth-order valence-electron chi connectivity index (χ4n) is 2.87. The van der Waals surface area contributed by atoms with Crippen molar-refractivity contribution in [2.75, 3.05) is 24.8 Å². The number of hydrogen-bond donors (Lipinski definition) is 2. The van der Waals surface area contributed by atoms with E-state index < -0.39 is 0 Å². The minimum atomic E-state index is -0.362. The molecule has 2 amide bonds. The molecule has 0 aliphatic carbocycles. The Morgan fingerprint density at radius 3 is 2.68 bits per heavy atom. The maximum Gasteiger partial charge on any atom is 0.323 e. The third-order valence-electron chi connectivity index (χ3n) is 4.12. The van der Waals surface area contributed by atoms with E-state index in [1.165, 1.54) is 0 Å². The van der Waals surface area contributed by atoms with Crippen molar-refractivity contribution in [1.29, 1.82) is 0 Å². The van der Waals surface area contributed by atoms with Crippen molar-refractivity contribution >= 4 is 56.8 Å². The monoisotopic (exact) mass is 462 g/mol. The molecular formula is C20H20BrClN4O2. The number of methoxy groups -OCH3 is 1. The number of carbonyl (C=O) groups excluding carboxylic acids is 1. The van der Waals surface area contributed by atoms with E-state index >= 15 is 0 Å². The number of urea groups is 1. The number of amides is 2. The number of benzene rings is 2. The first-order valence-electron chi connectivity index (χ1n) is 8.64. The Kier molecular flexibility index (Phi) is 6.59. The van der Waals surface area contributed by atoms with E-state index in [1.54, 1.807) is 42.5 Å². The fraction of sp³-hybridized carbons (Fsp3) is 0.200. The standard InChI is InChI=1S/C20H20BrClN4O2/c1-26-19(17(21)7-4-10-23-26)16-12-15(8-9-18(16)28-2)25-20(27)24-14-6-3-5-13(22)11-14/h3,5-6,8-12H,4,7H2,1-2H3,(H2,24,25,27). The molecule has 28 heavy (non-hydrogen) atoms. The van der Waals surface area contributed by atoms with Gasteiger partial charge in [-0.1, -0.05) is 33.6 Å². The molecule has 0 saturated heterocycles. The molecule has 0 fully saturated rings. The number of nitrogens with one attached hydrogen (secondary N) is 2. The summed E-state index contributed by atoms with van der Waals surface area (Å²) in [5.74, 6) is 0.691. The highest BCUT2D eigenvalue weighted by Gasteiger charge is 2.19. The lowest BCUT2D eigenvalue weighted by Crippen LogP contribution is -2.19. The molecule has 2 aromatic rings. The molecule has 1 heterocycles. The van der Waals surface area contributed by atoms with Gasteiger partial charge in [0, 0.05) is 39.7 Å². The van der Waals surface area contributed by atoms with Gasteiger partial charge < -0.3 is 15.4 Å². The van der Waals surface area contributed by atoms with Crippen LogP contribution in [-0.4, -0.2) is 31.4 Å². The van der Waals surface area contributed by atoms with E-state index in [-0.39, 0.29) is 6.03 Å². The Hall–Kier alpha value is -2.51. The van der Waals surface area contributed by atoms with Gasteiger partial charge in [0.15, 0.2) is 0 Å². The average Bonchev–Trinajstić information content (AvgIpc) is 2.82. The van der Waals surface area contributed by atoms with Crippen molar-refractivity contribution in [3.8, 4) is 5.75 Å². The summed E-state index contributed by atoms with van der Waals surface area (Å²) >= 11 is 9.62. The Balaban J connectivity index is 1.86. The van der Waals surface area contributed by atoms with Crippen LogP contribution in [0.25, 0.3) is 5.70 Å². The van der Waals surface area contributed by atoms with Crippen LogP contribution in [0.3, 0.4) is 0 Å². The molecule has 1 aliphatic heterocycles. The summed E-state index contributed by atoms with van der Waals surface area (Å²) in [5.41, 5.74) is 2.97. The van der Waals surface area contributed by atoms with E-state index in [0.717, 1.165) is 28.6 Å². The largest absolute Gasteiger partial charge is 0.496 e. The van der Waals surface area contributed by atoms with Gasteiger partial charge in [0.1, 0.15) is 5.75 Å². The maximum absolute atomic E-state index is 12.4. The molecule has 0 unspecified atom stereocenters. The molecule has 0 radical (unpaired) electrons. The van der Waals surface area contributed by atoms with Gasteiger partial charge in [-0.2, -0.15) is 5.10 Å². The summed E-state index contributed by atoms with van der Waals surface area (Å²) in [4.78, 5) is 12.4.